The lowest BCUT2D eigenvalue weighted by Crippen LogP contribution is -2.30. The van der Waals surface area contributed by atoms with Crippen molar-refractivity contribution in [2.24, 2.45) is 0 Å². The molecule has 0 fully saturated rings. The Balaban J connectivity index is 2.44. The molecule has 0 spiro atoms. The molecule has 0 unspecified atom stereocenters. The maximum absolute atomic E-state index is 11.9. The topological polar surface area (TPSA) is 60.9 Å². The second-order valence-corrected chi connectivity index (χ2v) is 4.01. The van der Waals surface area contributed by atoms with Crippen molar-refractivity contribution in [1.82, 2.24) is 9.89 Å². The Bertz CT molecular complexity index is 763. The van der Waals surface area contributed by atoms with Crippen molar-refractivity contribution in [2.75, 3.05) is 5.84 Å². The van der Waals surface area contributed by atoms with E-state index in [4.69, 9.17) is 5.84 Å². The van der Waals surface area contributed by atoms with Gasteiger partial charge in [0, 0.05) is 10.9 Å². The van der Waals surface area contributed by atoms with Crippen molar-refractivity contribution < 1.29 is 0 Å². The fourth-order valence-electron chi connectivity index (χ4n) is 2.02. The molecule has 0 aliphatic carbocycles. The Kier molecular flexibility index (Phi) is 2.34. The molecule has 4 heteroatoms. The van der Waals surface area contributed by atoms with Crippen molar-refractivity contribution in [2.45, 2.75) is 0 Å². The number of hydrogen-bond acceptors (Lipinski definition) is 3. The fourth-order valence-corrected chi connectivity index (χ4v) is 2.02. The maximum Gasteiger partial charge on any atom is 0.293 e. The summed E-state index contributed by atoms with van der Waals surface area (Å²) in [6.45, 7) is 0. The number of nitrogens with two attached hydrogens (primary N) is 1. The smallest absolute Gasteiger partial charge is 0.293 e. The minimum atomic E-state index is -0.287. The molecule has 0 bridgehead atoms. The molecule has 2 aromatic carbocycles. The molecule has 0 aliphatic rings. The van der Waals surface area contributed by atoms with Crippen LogP contribution in [0, 0.1) is 0 Å². The van der Waals surface area contributed by atoms with E-state index in [1.807, 2.05) is 48.5 Å². The van der Waals surface area contributed by atoms with E-state index in [2.05, 4.69) is 5.10 Å². The third kappa shape index (κ3) is 1.55. The second-order valence-electron chi connectivity index (χ2n) is 4.01. The summed E-state index contributed by atoms with van der Waals surface area (Å²) >= 11 is 0. The van der Waals surface area contributed by atoms with Gasteiger partial charge in [-0.15, -0.1) is 9.89 Å². The van der Waals surface area contributed by atoms with Gasteiger partial charge < -0.3 is 5.84 Å². The minimum Gasteiger partial charge on any atom is -0.320 e. The summed E-state index contributed by atoms with van der Waals surface area (Å²) in [6, 6.07) is 17.0. The van der Waals surface area contributed by atoms with Crippen LogP contribution >= 0.6 is 0 Å². The van der Waals surface area contributed by atoms with E-state index in [1.165, 1.54) is 0 Å². The molecule has 0 amide bonds. The summed E-state index contributed by atoms with van der Waals surface area (Å²) < 4.78 is 0. The van der Waals surface area contributed by atoms with Crippen molar-refractivity contribution in [3.63, 3.8) is 0 Å². The number of hydrogen-bond donors (Lipinski definition) is 1. The van der Waals surface area contributed by atoms with Crippen LogP contribution in [0.5, 0.6) is 0 Å². The van der Waals surface area contributed by atoms with Gasteiger partial charge in [-0.3, -0.25) is 4.79 Å². The normalized spacial score (nSPS) is 10.7. The van der Waals surface area contributed by atoms with Gasteiger partial charge in [-0.05, 0) is 6.07 Å². The predicted molar refractivity (Wildman–Crippen MR) is 71.6 cm³/mol. The monoisotopic (exact) mass is 237 g/mol. The first-order valence-electron chi connectivity index (χ1n) is 5.60. The van der Waals surface area contributed by atoms with Crippen LogP contribution in [0.1, 0.15) is 0 Å². The van der Waals surface area contributed by atoms with Gasteiger partial charge in [-0.1, -0.05) is 48.5 Å². The van der Waals surface area contributed by atoms with Crippen molar-refractivity contribution in [1.29, 1.82) is 0 Å². The molecule has 0 saturated heterocycles. The van der Waals surface area contributed by atoms with Gasteiger partial charge in [0.15, 0.2) is 0 Å². The molecule has 4 nitrogen and oxygen atoms in total. The zero-order valence-corrected chi connectivity index (χ0v) is 9.58. The lowest BCUT2D eigenvalue weighted by atomic mass is 10.1. The van der Waals surface area contributed by atoms with Crippen LogP contribution in [0.4, 0.5) is 0 Å². The largest absolute Gasteiger partial charge is 0.320 e. The minimum absolute atomic E-state index is 0.287. The second kappa shape index (κ2) is 4.00. The zero-order chi connectivity index (χ0) is 12.5. The molecule has 2 N–H and O–H groups in total. The summed E-state index contributed by atoms with van der Waals surface area (Å²) in [5.41, 5.74) is 1.37. The number of nitrogen functional groups attached to an aromatic ring is 1. The summed E-state index contributed by atoms with van der Waals surface area (Å²) in [6.07, 6.45) is 0. The Morgan fingerprint density at radius 2 is 1.50 bits per heavy atom. The van der Waals surface area contributed by atoms with Crippen molar-refractivity contribution >= 4 is 10.8 Å². The molecule has 1 aromatic heterocycles. The Hall–Kier alpha value is -2.62. The third-order valence-corrected chi connectivity index (χ3v) is 2.88. The van der Waals surface area contributed by atoms with Gasteiger partial charge in [-0.2, -0.15) is 0 Å². The molecule has 0 saturated carbocycles. The Labute approximate surface area is 103 Å². The average molecular weight is 237 g/mol. The maximum atomic E-state index is 11.9. The standard InChI is InChI=1S/C14H11N3O/c15-17-14(18)12-9-5-4-8-11(12)13(16-17)10-6-2-1-3-7-10/h1-9H,15H2. The lowest BCUT2D eigenvalue weighted by Gasteiger charge is -2.07. The SMILES string of the molecule is Nn1nc(-c2ccccc2)c2ccccc2c1=O. The van der Waals surface area contributed by atoms with E-state index in [9.17, 15) is 4.79 Å². The van der Waals surface area contributed by atoms with E-state index in [0.29, 0.717) is 11.1 Å². The van der Waals surface area contributed by atoms with Crippen LogP contribution in [-0.4, -0.2) is 9.89 Å². The van der Waals surface area contributed by atoms with Gasteiger partial charge in [-0.25, -0.2) is 0 Å². The first kappa shape index (κ1) is 10.5. The Morgan fingerprint density at radius 1 is 0.889 bits per heavy atom. The van der Waals surface area contributed by atoms with Crippen LogP contribution < -0.4 is 11.4 Å². The molecule has 88 valence electrons. The fraction of sp³-hybridized carbons (Fsp3) is 0. The van der Waals surface area contributed by atoms with Gasteiger partial charge in [0.25, 0.3) is 5.56 Å². The number of fused-ring (bicyclic) bond motifs is 1. The third-order valence-electron chi connectivity index (χ3n) is 2.88. The molecule has 1 heterocycles. The molecule has 3 rings (SSSR count). The highest BCUT2D eigenvalue weighted by atomic mass is 16.1. The number of benzene rings is 2. The number of nitrogens with zero attached hydrogens (tertiary/aromatic N) is 2. The molecule has 18 heavy (non-hydrogen) atoms. The van der Waals surface area contributed by atoms with Crippen molar-refractivity contribution in [3.8, 4) is 11.3 Å². The lowest BCUT2D eigenvalue weighted by molar-refractivity contribution is 0.781. The van der Waals surface area contributed by atoms with E-state index in [0.717, 1.165) is 15.7 Å². The average Bonchev–Trinajstić information content (AvgIpc) is 2.44. The molecule has 0 aliphatic heterocycles. The van der Waals surface area contributed by atoms with Crippen LogP contribution in [0.3, 0.4) is 0 Å². The first-order valence-corrected chi connectivity index (χ1v) is 5.60. The zero-order valence-electron chi connectivity index (χ0n) is 9.58. The van der Waals surface area contributed by atoms with Gasteiger partial charge in [0.2, 0.25) is 0 Å². The van der Waals surface area contributed by atoms with E-state index in [-0.39, 0.29) is 5.56 Å². The summed E-state index contributed by atoms with van der Waals surface area (Å²) in [5, 5.41) is 5.55. The first-order chi connectivity index (χ1) is 8.77. The van der Waals surface area contributed by atoms with Crippen LogP contribution in [0.15, 0.2) is 59.4 Å². The summed E-state index contributed by atoms with van der Waals surface area (Å²) in [7, 11) is 0. The molecule has 3 aromatic rings. The van der Waals surface area contributed by atoms with Crippen LogP contribution in [0.25, 0.3) is 22.0 Å². The van der Waals surface area contributed by atoms with Crippen molar-refractivity contribution in [3.05, 3.63) is 65.0 Å². The highest BCUT2D eigenvalue weighted by molar-refractivity contribution is 5.93. The van der Waals surface area contributed by atoms with E-state index >= 15 is 0 Å². The Morgan fingerprint density at radius 3 is 2.22 bits per heavy atom. The van der Waals surface area contributed by atoms with E-state index < -0.39 is 0 Å². The van der Waals surface area contributed by atoms with Gasteiger partial charge >= 0.3 is 0 Å². The molecule has 0 atom stereocenters. The van der Waals surface area contributed by atoms with Gasteiger partial charge in [0.05, 0.1) is 5.39 Å². The highest BCUT2D eigenvalue weighted by Gasteiger charge is 2.09. The number of aromatic nitrogens is 2. The highest BCUT2D eigenvalue weighted by Crippen LogP contribution is 2.23. The molecular weight excluding hydrogens is 226 g/mol. The van der Waals surface area contributed by atoms with Crippen LogP contribution in [0.2, 0.25) is 0 Å². The van der Waals surface area contributed by atoms with E-state index in [1.54, 1.807) is 6.07 Å². The number of rotatable bonds is 1. The van der Waals surface area contributed by atoms with Gasteiger partial charge in [0.1, 0.15) is 5.69 Å². The quantitative estimate of drug-likeness (QED) is 0.656. The predicted octanol–water partition coefficient (Wildman–Crippen LogP) is 1.78. The van der Waals surface area contributed by atoms with Crippen LogP contribution in [-0.2, 0) is 0 Å². The molecule has 0 radical (unpaired) electrons. The molecular formula is C14H11N3O. The summed E-state index contributed by atoms with van der Waals surface area (Å²) in [4.78, 5) is 12.8. The summed E-state index contributed by atoms with van der Waals surface area (Å²) in [5.74, 6) is 5.62.